The number of nitrogens with two attached hydrogens (primary N) is 1. The molecule has 0 unspecified atom stereocenters. The fourth-order valence-corrected chi connectivity index (χ4v) is 3.35. The molecule has 0 saturated carbocycles. The molecular weight excluding hydrogens is 405 g/mol. The molecule has 3 heterocycles. The van der Waals surface area contributed by atoms with E-state index in [9.17, 15) is 4.39 Å². The van der Waals surface area contributed by atoms with Crippen LogP contribution in [0.4, 0.5) is 10.2 Å². The Balaban J connectivity index is 1.70. The molecule has 0 spiro atoms. The first-order valence-electron chi connectivity index (χ1n) is 10.1. The molecule has 0 aliphatic rings. The average molecular weight is 427 g/mol. The average Bonchev–Trinajstić information content (AvgIpc) is 3.24. The Bertz CT molecular complexity index is 1330. The van der Waals surface area contributed by atoms with Crippen LogP contribution in [0.3, 0.4) is 0 Å². The molecule has 32 heavy (non-hydrogen) atoms. The van der Waals surface area contributed by atoms with Gasteiger partial charge in [-0.3, -0.25) is 4.98 Å². The van der Waals surface area contributed by atoms with Crippen LogP contribution in [0, 0.1) is 25.1 Å². The molecule has 8 heteroatoms. The van der Waals surface area contributed by atoms with Crippen molar-refractivity contribution in [2.75, 3.05) is 5.73 Å². The summed E-state index contributed by atoms with van der Waals surface area (Å²) in [6, 6.07) is 11.3. The fourth-order valence-electron chi connectivity index (χ4n) is 3.35. The van der Waals surface area contributed by atoms with E-state index < -0.39 is 5.82 Å². The Kier molecular flexibility index (Phi) is 5.65. The molecule has 0 radical (unpaired) electrons. The minimum absolute atomic E-state index is 0.0202. The first kappa shape index (κ1) is 21.1. The minimum atomic E-state index is -0.744. The summed E-state index contributed by atoms with van der Waals surface area (Å²) in [5, 5.41) is 8.21. The summed E-state index contributed by atoms with van der Waals surface area (Å²) in [5.74, 6) is 2.20. The van der Waals surface area contributed by atoms with Gasteiger partial charge in [0.05, 0.1) is 18.4 Å². The highest BCUT2D eigenvalue weighted by Gasteiger charge is 2.19. The normalized spacial score (nSPS) is 11.0. The Labute approximate surface area is 185 Å². The van der Waals surface area contributed by atoms with Gasteiger partial charge >= 0.3 is 0 Å². The van der Waals surface area contributed by atoms with Gasteiger partial charge < -0.3 is 5.73 Å². The number of nitrogens with zero attached hydrogens (tertiary/aromatic N) is 6. The van der Waals surface area contributed by atoms with Crippen LogP contribution in [0.25, 0.3) is 22.8 Å². The molecule has 0 aliphatic heterocycles. The Hall–Kier alpha value is -4.12. The zero-order valence-corrected chi connectivity index (χ0v) is 18.0. The van der Waals surface area contributed by atoms with E-state index in [0.29, 0.717) is 23.6 Å². The molecule has 0 aliphatic carbocycles. The van der Waals surface area contributed by atoms with E-state index in [4.69, 9.17) is 12.2 Å². The molecule has 1 aromatic carbocycles. The quantitative estimate of drug-likeness (QED) is 0.484. The van der Waals surface area contributed by atoms with E-state index in [-0.39, 0.29) is 23.0 Å². The van der Waals surface area contributed by atoms with E-state index in [1.165, 1.54) is 0 Å². The third-order valence-corrected chi connectivity index (χ3v) is 5.13. The Morgan fingerprint density at radius 3 is 2.66 bits per heavy atom. The number of hydrogen-bond donors (Lipinski definition) is 1. The van der Waals surface area contributed by atoms with Crippen molar-refractivity contribution in [3.05, 3.63) is 70.9 Å². The van der Waals surface area contributed by atoms with Gasteiger partial charge in [0.1, 0.15) is 11.4 Å². The largest absolute Gasteiger partial charge is 0.381 e. The number of rotatable bonds is 5. The summed E-state index contributed by atoms with van der Waals surface area (Å²) in [6.45, 7) is 6.43. The molecule has 4 rings (SSSR count). The van der Waals surface area contributed by atoms with E-state index in [0.717, 1.165) is 17.0 Å². The number of anilines is 1. The first-order valence-corrected chi connectivity index (χ1v) is 10.1. The summed E-state index contributed by atoms with van der Waals surface area (Å²) in [4.78, 5) is 13.2. The third-order valence-electron chi connectivity index (χ3n) is 5.13. The van der Waals surface area contributed by atoms with E-state index in [2.05, 4.69) is 45.0 Å². The van der Waals surface area contributed by atoms with Gasteiger partial charge in [0.2, 0.25) is 0 Å². The lowest BCUT2D eigenvalue weighted by Gasteiger charge is -2.09. The van der Waals surface area contributed by atoms with E-state index in [1.807, 2.05) is 37.3 Å². The van der Waals surface area contributed by atoms with Gasteiger partial charge in [-0.25, -0.2) is 19.0 Å². The smallest absolute Gasteiger partial charge is 0.193 e. The number of benzene rings is 1. The van der Waals surface area contributed by atoms with Crippen LogP contribution in [0.2, 0.25) is 0 Å². The van der Waals surface area contributed by atoms with Crippen LogP contribution < -0.4 is 5.73 Å². The van der Waals surface area contributed by atoms with Gasteiger partial charge in [0.15, 0.2) is 17.5 Å². The first-order chi connectivity index (χ1) is 15.4. The predicted molar refractivity (Wildman–Crippen MR) is 121 cm³/mol. The lowest BCUT2D eigenvalue weighted by molar-refractivity contribution is 0.623. The van der Waals surface area contributed by atoms with Crippen molar-refractivity contribution in [3.8, 4) is 35.1 Å². The van der Waals surface area contributed by atoms with Gasteiger partial charge in [-0.1, -0.05) is 43.2 Å². The lowest BCUT2D eigenvalue weighted by Crippen LogP contribution is -2.05. The monoisotopic (exact) mass is 427 g/mol. The van der Waals surface area contributed by atoms with Gasteiger partial charge in [-0.2, -0.15) is 0 Å². The molecule has 0 saturated heterocycles. The van der Waals surface area contributed by atoms with Crippen LogP contribution >= 0.6 is 0 Å². The van der Waals surface area contributed by atoms with Gasteiger partial charge in [0.25, 0.3) is 0 Å². The number of pyridine rings is 1. The molecular formula is C24H22FN7. The molecule has 0 fully saturated rings. The molecule has 2 N–H and O–H groups in total. The van der Waals surface area contributed by atoms with Crippen LogP contribution in [-0.2, 0) is 6.54 Å². The maximum Gasteiger partial charge on any atom is 0.193 e. The topological polar surface area (TPSA) is 95.4 Å². The number of halogens is 1. The second kappa shape index (κ2) is 8.55. The Morgan fingerprint density at radius 2 is 1.91 bits per heavy atom. The fraction of sp³-hybridized carbons (Fsp3) is 0.208. The highest BCUT2D eigenvalue weighted by atomic mass is 19.1. The molecule has 0 atom stereocenters. The number of nitrogen functional groups attached to an aromatic ring is 1. The van der Waals surface area contributed by atoms with Crippen LogP contribution in [0.15, 0.2) is 42.6 Å². The van der Waals surface area contributed by atoms with Gasteiger partial charge in [-0.05, 0) is 36.6 Å². The summed E-state index contributed by atoms with van der Waals surface area (Å²) in [7, 11) is 0. The second-order valence-electron chi connectivity index (χ2n) is 7.73. The zero-order valence-electron chi connectivity index (χ0n) is 18.0. The van der Waals surface area contributed by atoms with Crippen LogP contribution in [0.5, 0.6) is 0 Å². The Morgan fingerprint density at radius 1 is 1.12 bits per heavy atom. The van der Waals surface area contributed by atoms with E-state index >= 15 is 0 Å². The molecule has 4 aromatic rings. The van der Waals surface area contributed by atoms with Gasteiger partial charge in [-0.15, -0.1) is 11.5 Å². The summed E-state index contributed by atoms with van der Waals surface area (Å²) < 4.78 is 16.4. The summed E-state index contributed by atoms with van der Waals surface area (Å²) in [6.07, 6.45) is 7.18. The maximum atomic E-state index is 14.8. The van der Waals surface area contributed by atoms with Gasteiger partial charge in [0, 0.05) is 16.8 Å². The minimum Gasteiger partial charge on any atom is -0.381 e. The highest BCUT2D eigenvalue weighted by molar-refractivity contribution is 5.69. The third kappa shape index (κ3) is 4.05. The highest BCUT2D eigenvalue weighted by Crippen LogP contribution is 2.28. The van der Waals surface area contributed by atoms with Crippen LogP contribution in [-0.4, -0.2) is 29.9 Å². The predicted octanol–water partition coefficient (Wildman–Crippen LogP) is 3.98. The summed E-state index contributed by atoms with van der Waals surface area (Å²) >= 11 is 0. The number of aromatic nitrogens is 6. The SMILES string of the molecule is C#Cc1cccc(-c2nc(N)c(F)c(-c3cn(Cc4cccc(C(C)C)n4)nn3)n2)c1C. The van der Waals surface area contributed by atoms with Crippen molar-refractivity contribution in [1.29, 1.82) is 0 Å². The second-order valence-corrected chi connectivity index (χ2v) is 7.73. The van der Waals surface area contributed by atoms with Crippen molar-refractivity contribution in [3.63, 3.8) is 0 Å². The van der Waals surface area contributed by atoms with Crippen molar-refractivity contribution < 1.29 is 4.39 Å². The molecule has 0 bridgehead atoms. The lowest BCUT2D eigenvalue weighted by atomic mass is 10.0. The molecule has 160 valence electrons. The zero-order chi connectivity index (χ0) is 22.8. The van der Waals surface area contributed by atoms with Crippen molar-refractivity contribution in [2.24, 2.45) is 0 Å². The van der Waals surface area contributed by atoms with Crippen LogP contribution in [0.1, 0.15) is 42.3 Å². The number of terminal acetylenes is 1. The van der Waals surface area contributed by atoms with Crippen molar-refractivity contribution in [2.45, 2.75) is 33.2 Å². The standard InChI is InChI=1S/C24H22FN7/c1-5-16-8-6-10-18(15(16)4)24-28-22(21(25)23(26)29-24)20-13-32(31-30-20)12-17-9-7-11-19(27-17)14(2)3/h1,6-11,13-14H,12H2,2-4H3,(H2,26,28,29). The van der Waals surface area contributed by atoms with E-state index in [1.54, 1.807) is 16.9 Å². The van der Waals surface area contributed by atoms with Crippen molar-refractivity contribution >= 4 is 5.82 Å². The number of hydrogen-bond acceptors (Lipinski definition) is 6. The summed E-state index contributed by atoms with van der Waals surface area (Å²) in [5.41, 5.74) is 10.1. The maximum absolute atomic E-state index is 14.8. The van der Waals surface area contributed by atoms with Crippen molar-refractivity contribution in [1.82, 2.24) is 29.9 Å². The molecule has 0 amide bonds. The molecule has 3 aromatic heterocycles. The molecule has 7 nitrogen and oxygen atoms in total.